The number of allylic oxidation sites excluding steroid dienone is 1. The number of aliphatic imine (C=N–C) groups is 1. The third-order valence-electron chi connectivity index (χ3n) is 4.99. The minimum Gasteiger partial charge on any atom is -0.497 e. The van der Waals surface area contributed by atoms with Gasteiger partial charge in [0, 0.05) is 10.3 Å². The summed E-state index contributed by atoms with van der Waals surface area (Å²) in [6.07, 6.45) is 4.42. The Labute approximate surface area is 147 Å². The number of fused-ring (bicyclic) bond motifs is 2. The lowest BCUT2D eigenvalue weighted by Gasteiger charge is -2.36. The molecule has 0 saturated heterocycles. The van der Waals surface area contributed by atoms with E-state index in [-0.39, 0.29) is 5.41 Å². The van der Waals surface area contributed by atoms with Crippen LogP contribution in [0.3, 0.4) is 0 Å². The molecule has 2 aliphatic rings. The van der Waals surface area contributed by atoms with Crippen molar-refractivity contribution in [3.63, 3.8) is 0 Å². The Bertz CT molecular complexity index is 812. The highest BCUT2D eigenvalue weighted by molar-refractivity contribution is 8.14. The Morgan fingerprint density at radius 2 is 2.00 bits per heavy atom. The molecule has 4 rings (SSSR count). The van der Waals surface area contributed by atoms with E-state index in [0.717, 1.165) is 30.7 Å². The Kier molecular flexibility index (Phi) is 3.97. The zero-order valence-corrected chi connectivity index (χ0v) is 14.7. The van der Waals surface area contributed by atoms with Crippen molar-refractivity contribution in [2.45, 2.75) is 36.0 Å². The van der Waals surface area contributed by atoms with Crippen LogP contribution in [0.1, 0.15) is 31.2 Å². The van der Waals surface area contributed by atoms with Gasteiger partial charge in [0.05, 0.1) is 17.8 Å². The summed E-state index contributed by atoms with van der Waals surface area (Å²) in [4.78, 5) is 6.26. The average Bonchev–Trinajstić information content (AvgIpc) is 2.88. The van der Waals surface area contributed by atoms with E-state index in [4.69, 9.17) is 9.73 Å². The van der Waals surface area contributed by atoms with Crippen molar-refractivity contribution in [2.75, 3.05) is 7.11 Å². The van der Waals surface area contributed by atoms with Crippen LogP contribution in [0.4, 0.5) is 5.69 Å². The van der Waals surface area contributed by atoms with Crippen molar-refractivity contribution in [1.29, 1.82) is 0 Å². The lowest BCUT2D eigenvalue weighted by atomic mass is 9.69. The van der Waals surface area contributed by atoms with Crippen LogP contribution in [0.25, 0.3) is 0 Å². The van der Waals surface area contributed by atoms with Gasteiger partial charge >= 0.3 is 0 Å². The molecule has 1 aliphatic heterocycles. The molecule has 24 heavy (non-hydrogen) atoms. The fraction of sp³-hybridized carbons (Fsp3) is 0.286. The fourth-order valence-electron chi connectivity index (χ4n) is 3.83. The van der Waals surface area contributed by atoms with Crippen LogP contribution < -0.4 is 4.74 Å². The summed E-state index contributed by atoms with van der Waals surface area (Å²) in [6.45, 7) is 4.29. The maximum Gasteiger partial charge on any atom is 0.119 e. The molecule has 3 heteroatoms. The summed E-state index contributed by atoms with van der Waals surface area (Å²) in [5.74, 6) is 0.908. The van der Waals surface area contributed by atoms with Crippen LogP contribution in [0, 0.1) is 0 Å². The molecule has 2 nitrogen and oxygen atoms in total. The molecule has 1 fully saturated rings. The van der Waals surface area contributed by atoms with Gasteiger partial charge in [0.2, 0.25) is 0 Å². The number of thioether (sulfide) groups is 1. The summed E-state index contributed by atoms with van der Waals surface area (Å²) >= 11 is 1.80. The number of nitrogens with zero attached hydrogens (tertiary/aromatic N) is 1. The molecule has 2 aromatic rings. The second-order valence-electron chi connectivity index (χ2n) is 6.58. The van der Waals surface area contributed by atoms with E-state index in [1.54, 1.807) is 18.9 Å². The molecule has 2 aromatic carbocycles. The van der Waals surface area contributed by atoms with Gasteiger partial charge < -0.3 is 4.74 Å². The van der Waals surface area contributed by atoms with Gasteiger partial charge in [-0.2, -0.15) is 0 Å². The van der Waals surface area contributed by atoms with E-state index < -0.39 is 0 Å². The highest BCUT2D eigenvalue weighted by Crippen LogP contribution is 2.54. The Morgan fingerprint density at radius 3 is 2.75 bits per heavy atom. The molecule has 0 N–H and O–H groups in total. The number of ether oxygens (including phenoxy) is 1. The molecule has 0 radical (unpaired) electrons. The minimum atomic E-state index is -0.0281. The number of methoxy groups -OCH3 is 1. The first kappa shape index (κ1) is 15.5. The minimum absolute atomic E-state index is 0.0281. The second kappa shape index (κ2) is 6.14. The van der Waals surface area contributed by atoms with Crippen LogP contribution >= 0.6 is 11.8 Å². The van der Waals surface area contributed by atoms with Crippen LogP contribution in [0.2, 0.25) is 0 Å². The Morgan fingerprint density at radius 1 is 1.17 bits per heavy atom. The molecule has 122 valence electrons. The Hall–Kier alpha value is -2.00. The smallest absolute Gasteiger partial charge is 0.119 e. The fourth-order valence-corrected chi connectivity index (χ4v) is 4.97. The van der Waals surface area contributed by atoms with Crippen LogP contribution in [-0.4, -0.2) is 12.2 Å². The average molecular weight is 335 g/mol. The van der Waals surface area contributed by atoms with Gasteiger partial charge in [-0.05, 0) is 61.6 Å². The van der Waals surface area contributed by atoms with Gasteiger partial charge in [-0.15, -0.1) is 0 Å². The van der Waals surface area contributed by atoms with E-state index >= 15 is 0 Å². The van der Waals surface area contributed by atoms with E-state index in [2.05, 4.69) is 49.0 Å². The van der Waals surface area contributed by atoms with Gasteiger partial charge in [0.1, 0.15) is 5.75 Å². The van der Waals surface area contributed by atoms with Crippen molar-refractivity contribution in [2.24, 2.45) is 4.99 Å². The molecule has 1 heterocycles. The highest BCUT2D eigenvalue weighted by Gasteiger charge is 2.45. The van der Waals surface area contributed by atoms with E-state index in [1.807, 2.05) is 6.07 Å². The first-order valence-electron chi connectivity index (χ1n) is 8.38. The molecular formula is C21H21NOS. The van der Waals surface area contributed by atoms with Gasteiger partial charge in [0.25, 0.3) is 0 Å². The van der Waals surface area contributed by atoms with Crippen molar-refractivity contribution in [3.8, 4) is 5.75 Å². The summed E-state index contributed by atoms with van der Waals surface area (Å²) < 4.78 is 5.47. The summed E-state index contributed by atoms with van der Waals surface area (Å²) in [5, 5.41) is 1.21. The van der Waals surface area contributed by atoms with Crippen molar-refractivity contribution in [3.05, 3.63) is 66.2 Å². The van der Waals surface area contributed by atoms with E-state index in [1.165, 1.54) is 27.5 Å². The SMILES string of the molecule is C=C1CCC[C@@]2(C1)C(Sc1ccccc1)=Nc1ccc(OC)cc12. The van der Waals surface area contributed by atoms with Crippen molar-refractivity contribution in [1.82, 2.24) is 0 Å². The number of hydrogen-bond acceptors (Lipinski definition) is 3. The van der Waals surface area contributed by atoms with Gasteiger partial charge in [-0.1, -0.05) is 42.1 Å². The summed E-state index contributed by atoms with van der Waals surface area (Å²) in [6, 6.07) is 16.8. The monoisotopic (exact) mass is 335 g/mol. The quantitative estimate of drug-likeness (QED) is 0.637. The zero-order valence-electron chi connectivity index (χ0n) is 13.9. The normalized spacial score (nSPS) is 22.4. The van der Waals surface area contributed by atoms with Crippen LogP contribution in [0.15, 0.2) is 70.6 Å². The van der Waals surface area contributed by atoms with Gasteiger partial charge in [-0.3, -0.25) is 0 Å². The van der Waals surface area contributed by atoms with Gasteiger partial charge in [-0.25, -0.2) is 4.99 Å². The molecule has 1 aliphatic carbocycles. The van der Waals surface area contributed by atoms with E-state index in [9.17, 15) is 0 Å². The molecule has 0 unspecified atom stereocenters. The van der Waals surface area contributed by atoms with Crippen molar-refractivity contribution >= 4 is 22.5 Å². The topological polar surface area (TPSA) is 21.6 Å². The summed E-state index contributed by atoms with van der Waals surface area (Å²) in [7, 11) is 1.73. The lowest BCUT2D eigenvalue weighted by molar-refractivity contribution is 0.410. The molecule has 1 spiro atoms. The first-order valence-corrected chi connectivity index (χ1v) is 9.20. The number of rotatable bonds is 2. The predicted octanol–water partition coefficient (Wildman–Crippen LogP) is 5.90. The number of hydrogen-bond donors (Lipinski definition) is 0. The van der Waals surface area contributed by atoms with Gasteiger partial charge in [0.15, 0.2) is 0 Å². The maximum absolute atomic E-state index is 5.47. The Balaban J connectivity index is 1.79. The number of benzene rings is 2. The third-order valence-corrected chi connectivity index (χ3v) is 6.18. The lowest BCUT2D eigenvalue weighted by Crippen LogP contribution is -2.34. The standard InChI is InChI=1S/C21H21NOS/c1-15-7-6-12-21(14-15)18-13-16(23-2)10-11-19(18)22-20(21)24-17-8-4-3-5-9-17/h3-5,8-11,13H,1,6-7,12,14H2,2H3/t21-/m0/s1. The maximum atomic E-state index is 5.47. The highest BCUT2D eigenvalue weighted by atomic mass is 32.2. The van der Waals surface area contributed by atoms with E-state index in [0.29, 0.717) is 0 Å². The molecule has 0 bridgehead atoms. The molecule has 1 saturated carbocycles. The molecule has 1 atom stereocenters. The largest absolute Gasteiger partial charge is 0.497 e. The second-order valence-corrected chi connectivity index (χ2v) is 7.64. The third kappa shape index (κ3) is 2.57. The first-order chi connectivity index (χ1) is 11.7. The molecule has 0 aromatic heterocycles. The van der Waals surface area contributed by atoms with Crippen LogP contribution in [0.5, 0.6) is 5.75 Å². The molecule has 0 amide bonds. The predicted molar refractivity (Wildman–Crippen MR) is 102 cm³/mol. The molecular weight excluding hydrogens is 314 g/mol. The summed E-state index contributed by atoms with van der Waals surface area (Å²) in [5.41, 5.74) is 3.70. The van der Waals surface area contributed by atoms with Crippen molar-refractivity contribution < 1.29 is 4.74 Å². The zero-order chi connectivity index (χ0) is 16.6. The van der Waals surface area contributed by atoms with Crippen LogP contribution in [-0.2, 0) is 5.41 Å².